The van der Waals surface area contributed by atoms with Gasteiger partial charge in [-0.2, -0.15) is 11.8 Å². The second kappa shape index (κ2) is 10.6. The van der Waals surface area contributed by atoms with Crippen LogP contribution in [0.4, 0.5) is 0 Å². The van der Waals surface area contributed by atoms with E-state index in [9.17, 15) is 14.4 Å². The van der Waals surface area contributed by atoms with Crippen molar-refractivity contribution in [2.45, 2.75) is 12.5 Å². The fourth-order valence-corrected chi connectivity index (χ4v) is 2.92. The van der Waals surface area contributed by atoms with Crippen LogP contribution in [0.3, 0.4) is 0 Å². The molecule has 1 unspecified atom stereocenters. The second-order valence-corrected chi connectivity index (χ2v) is 6.99. The highest BCUT2D eigenvalue weighted by Gasteiger charge is 2.23. The maximum absolute atomic E-state index is 12.5. The van der Waals surface area contributed by atoms with Crippen molar-refractivity contribution in [3.05, 3.63) is 52.9 Å². The molecule has 150 valence electrons. The molecule has 0 saturated carbocycles. The van der Waals surface area contributed by atoms with E-state index in [4.69, 9.17) is 20.8 Å². The number of hydrazine groups is 1. The molecule has 2 aromatic rings. The van der Waals surface area contributed by atoms with Crippen LogP contribution in [-0.4, -0.2) is 42.9 Å². The molecule has 1 aromatic carbocycles. The Morgan fingerprint density at radius 1 is 1.21 bits per heavy atom. The van der Waals surface area contributed by atoms with Gasteiger partial charge < -0.3 is 14.5 Å². The van der Waals surface area contributed by atoms with Gasteiger partial charge in [-0.1, -0.05) is 11.6 Å². The number of thioether (sulfide) groups is 1. The van der Waals surface area contributed by atoms with E-state index in [0.29, 0.717) is 22.9 Å². The number of carbonyl (C=O) groups excluding carboxylic acids is 3. The molecular formula is C18H20ClN3O5S. The highest BCUT2D eigenvalue weighted by Crippen LogP contribution is 2.22. The van der Waals surface area contributed by atoms with Crippen LogP contribution in [0.15, 0.2) is 41.0 Å². The van der Waals surface area contributed by atoms with Crippen LogP contribution < -0.4 is 20.9 Å². The fraction of sp³-hybridized carbons (Fsp3) is 0.278. The van der Waals surface area contributed by atoms with Crippen molar-refractivity contribution in [1.82, 2.24) is 16.2 Å². The fourth-order valence-electron chi connectivity index (χ4n) is 2.27. The summed E-state index contributed by atoms with van der Waals surface area (Å²) in [5.41, 5.74) is 4.79. The number of ether oxygens (including phenoxy) is 1. The Kier molecular flexibility index (Phi) is 8.21. The van der Waals surface area contributed by atoms with E-state index in [1.165, 1.54) is 37.3 Å². The van der Waals surface area contributed by atoms with Crippen LogP contribution in [-0.2, 0) is 4.79 Å². The van der Waals surface area contributed by atoms with Gasteiger partial charge in [0.1, 0.15) is 11.8 Å². The molecule has 28 heavy (non-hydrogen) atoms. The monoisotopic (exact) mass is 425 g/mol. The molecule has 2 rings (SSSR count). The zero-order chi connectivity index (χ0) is 20.5. The summed E-state index contributed by atoms with van der Waals surface area (Å²) in [4.78, 5) is 37.0. The highest BCUT2D eigenvalue weighted by atomic mass is 35.5. The standard InChI is InChI=1S/C18H20ClN3O5S/c1-26-14-6-5-11(19)10-12(14)16(23)21-22-17(24)13(7-9-28-2)20-18(25)15-4-3-8-27-15/h3-6,8,10,13H,7,9H2,1-2H3,(H,20,25)(H,21,23)(H,22,24). The first kappa shape index (κ1) is 21.6. The van der Waals surface area contributed by atoms with Crippen LogP contribution in [0.2, 0.25) is 5.02 Å². The summed E-state index contributed by atoms with van der Waals surface area (Å²) < 4.78 is 10.1. The van der Waals surface area contributed by atoms with Gasteiger partial charge in [0.25, 0.3) is 17.7 Å². The Labute approximate surface area is 171 Å². The molecule has 0 spiro atoms. The van der Waals surface area contributed by atoms with Crippen LogP contribution in [0.5, 0.6) is 5.75 Å². The molecule has 0 saturated heterocycles. The van der Waals surface area contributed by atoms with Crippen LogP contribution in [0.1, 0.15) is 27.3 Å². The molecule has 3 amide bonds. The first-order chi connectivity index (χ1) is 13.5. The molecule has 3 N–H and O–H groups in total. The number of methoxy groups -OCH3 is 1. The Hall–Kier alpha value is -2.65. The first-order valence-corrected chi connectivity index (χ1v) is 10.0. The predicted molar refractivity (Wildman–Crippen MR) is 107 cm³/mol. The number of carbonyl (C=O) groups is 3. The summed E-state index contributed by atoms with van der Waals surface area (Å²) in [6.45, 7) is 0. The van der Waals surface area contributed by atoms with Crippen molar-refractivity contribution in [2.75, 3.05) is 19.1 Å². The third-order valence-corrected chi connectivity index (χ3v) is 4.56. The third kappa shape index (κ3) is 5.93. The molecule has 10 heteroatoms. The zero-order valence-electron chi connectivity index (χ0n) is 15.3. The quantitative estimate of drug-likeness (QED) is 0.559. The summed E-state index contributed by atoms with van der Waals surface area (Å²) in [6.07, 6.45) is 3.62. The van der Waals surface area contributed by atoms with Gasteiger partial charge in [0.15, 0.2) is 5.76 Å². The van der Waals surface area contributed by atoms with Gasteiger partial charge in [0.05, 0.1) is 18.9 Å². The molecule has 1 heterocycles. The predicted octanol–water partition coefficient (Wildman–Crippen LogP) is 2.25. The summed E-state index contributed by atoms with van der Waals surface area (Å²) in [6, 6.07) is 6.76. The molecule has 0 fully saturated rings. The van der Waals surface area contributed by atoms with Gasteiger partial charge in [-0.05, 0) is 48.8 Å². The van der Waals surface area contributed by atoms with E-state index in [1.54, 1.807) is 18.2 Å². The summed E-state index contributed by atoms with van der Waals surface area (Å²) in [5.74, 6) is -0.658. The van der Waals surface area contributed by atoms with Gasteiger partial charge in [0.2, 0.25) is 0 Å². The van der Waals surface area contributed by atoms with Crippen LogP contribution >= 0.6 is 23.4 Å². The minimum absolute atomic E-state index is 0.0923. The minimum Gasteiger partial charge on any atom is -0.496 e. The second-order valence-electron chi connectivity index (χ2n) is 5.57. The minimum atomic E-state index is -0.855. The SMILES string of the molecule is COc1ccc(Cl)cc1C(=O)NNC(=O)C(CCSC)NC(=O)c1ccco1. The molecule has 0 aliphatic carbocycles. The first-order valence-electron chi connectivity index (χ1n) is 8.23. The topological polar surface area (TPSA) is 110 Å². The Bertz CT molecular complexity index is 829. The number of hydrogen-bond donors (Lipinski definition) is 3. The molecular weight excluding hydrogens is 406 g/mol. The van der Waals surface area contributed by atoms with E-state index < -0.39 is 23.8 Å². The largest absolute Gasteiger partial charge is 0.496 e. The lowest BCUT2D eigenvalue weighted by atomic mass is 10.2. The lowest BCUT2D eigenvalue weighted by molar-refractivity contribution is -0.123. The van der Waals surface area contributed by atoms with Crippen LogP contribution in [0.25, 0.3) is 0 Å². The average Bonchev–Trinajstić information content (AvgIpc) is 3.23. The molecule has 1 atom stereocenters. The lowest BCUT2D eigenvalue weighted by Gasteiger charge is -2.18. The summed E-state index contributed by atoms with van der Waals surface area (Å²) in [7, 11) is 1.42. The molecule has 8 nitrogen and oxygen atoms in total. The summed E-state index contributed by atoms with van der Waals surface area (Å²) in [5, 5.41) is 2.94. The number of amides is 3. The zero-order valence-corrected chi connectivity index (χ0v) is 16.9. The number of hydrogen-bond acceptors (Lipinski definition) is 6. The average molecular weight is 426 g/mol. The summed E-state index contributed by atoms with van der Waals surface area (Å²) >= 11 is 7.44. The Balaban J connectivity index is 2.01. The number of rotatable bonds is 8. The van der Waals surface area contributed by atoms with E-state index in [1.807, 2.05) is 6.26 Å². The maximum atomic E-state index is 12.5. The van der Waals surface area contributed by atoms with E-state index in [0.717, 1.165) is 0 Å². The molecule has 0 aliphatic rings. The highest BCUT2D eigenvalue weighted by molar-refractivity contribution is 7.98. The molecule has 0 aliphatic heterocycles. The number of nitrogens with one attached hydrogen (secondary N) is 3. The van der Waals surface area contributed by atoms with Crippen molar-refractivity contribution >= 4 is 41.1 Å². The van der Waals surface area contributed by atoms with E-state index in [-0.39, 0.29) is 11.3 Å². The third-order valence-electron chi connectivity index (χ3n) is 3.68. The van der Waals surface area contributed by atoms with Gasteiger partial charge in [-0.25, -0.2) is 0 Å². The van der Waals surface area contributed by atoms with Gasteiger partial charge in [0, 0.05) is 5.02 Å². The smallest absolute Gasteiger partial charge is 0.287 e. The maximum Gasteiger partial charge on any atom is 0.287 e. The molecule has 0 radical (unpaired) electrons. The molecule has 1 aromatic heterocycles. The van der Waals surface area contributed by atoms with Crippen molar-refractivity contribution in [3.8, 4) is 5.75 Å². The van der Waals surface area contributed by atoms with Gasteiger partial charge >= 0.3 is 0 Å². The normalized spacial score (nSPS) is 11.4. The van der Waals surface area contributed by atoms with E-state index >= 15 is 0 Å². The number of halogens is 1. The number of furan rings is 1. The van der Waals surface area contributed by atoms with Crippen molar-refractivity contribution in [3.63, 3.8) is 0 Å². The number of benzene rings is 1. The Morgan fingerprint density at radius 3 is 2.64 bits per heavy atom. The lowest BCUT2D eigenvalue weighted by Crippen LogP contribution is -2.52. The molecule has 0 bridgehead atoms. The van der Waals surface area contributed by atoms with Crippen molar-refractivity contribution in [1.29, 1.82) is 0 Å². The van der Waals surface area contributed by atoms with E-state index in [2.05, 4.69) is 16.2 Å². The van der Waals surface area contributed by atoms with Crippen molar-refractivity contribution < 1.29 is 23.5 Å². The van der Waals surface area contributed by atoms with Crippen molar-refractivity contribution in [2.24, 2.45) is 0 Å². The van der Waals surface area contributed by atoms with Gasteiger partial charge in [-0.3, -0.25) is 25.2 Å². The Morgan fingerprint density at radius 2 is 2.00 bits per heavy atom. The van der Waals surface area contributed by atoms with Gasteiger partial charge in [-0.15, -0.1) is 0 Å². The van der Waals surface area contributed by atoms with Crippen LogP contribution in [0, 0.1) is 0 Å².